The second kappa shape index (κ2) is 9.53. The number of hydrogen-bond acceptors (Lipinski definition) is 4. The molecule has 0 aliphatic carbocycles. The molecule has 0 bridgehead atoms. The highest BCUT2D eigenvalue weighted by molar-refractivity contribution is 5.72. The highest BCUT2D eigenvalue weighted by Crippen LogP contribution is 2.09. The van der Waals surface area contributed by atoms with Crippen molar-refractivity contribution in [1.82, 2.24) is 5.48 Å². The van der Waals surface area contributed by atoms with E-state index in [0.717, 1.165) is 24.8 Å². The van der Waals surface area contributed by atoms with Gasteiger partial charge in [-0.25, -0.2) is 5.48 Å². The standard InChI is InChI=1S/C15H23NO3/c1-3-4-10-14(15(17)18-2)11-16-19-12-13-8-6-5-7-9-13/h5-9,14,16H,3-4,10-12H2,1-2H3/t14-/m1/s1. The number of ether oxygens (including phenoxy) is 1. The Morgan fingerprint density at radius 3 is 2.68 bits per heavy atom. The quantitative estimate of drug-likeness (QED) is 0.423. The molecular formula is C15H23NO3. The molecule has 0 spiro atoms. The number of unbranched alkanes of at least 4 members (excludes halogenated alkanes) is 1. The molecular weight excluding hydrogens is 242 g/mol. The van der Waals surface area contributed by atoms with Crippen LogP contribution in [0, 0.1) is 5.92 Å². The van der Waals surface area contributed by atoms with Gasteiger partial charge in [-0.3, -0.25) is 9.63 Å². The van der Waals surface area contributed by atoms with Gasteiger partial charge in [0, 0.05) is 6.54 Å². The minimum absolute atomic E-state index is 0.138. The van der Waals surface area contributed by atoms with E-state index in [0.29, 0.717) is 13.2 Å². The second-order valence-electron chi connectivity index (χ2n) is 4.49. The average Bonchev–Trinajstić information content (AvgIpc) is 2.47. The number of benzene rings is 1. The van der Waals surface area contributed by atoms with Crippen LogP contribution in [0.3, 0.4) is 0 Å². The van der Waals surface area contributed by atoms with Crippen LogP contribution in [-0.2, 0) is 21.0 Å². The van der Waals surface area contributed by atoms with Crippen LogP contribution < -0.4 is 5.48 Å². The summed E-state index contributed by atoms with van der Waals surface area (Å²) in [6.07, 6.45) is 2.91. The van der Waals surface area contributed by atoms with Crippen molar-refractivity contribution in [2.24, 2.45) is 5.92 Å². The van der Waals surface area contributed by atoms with Gasteiger partial charge in [0.25, 0.3) is 0 Å². The fourth-order valence-corrected chi connectivity index (χ4v) is 1.79. The van der Waals surface area contributed by atoms with E-state index in [9.17, 15) is 4.79 Å². The van der Waals surface area contributed by atoms with Gasteiger partial charge in [0.2, 0.25) is 0 Å². The van der Waals surface area contributed by atoms with Gasteiger partial charge in [-0.1, -0.05) is 50.1 Å². The number of hydrogen-bond donors (Lipinski definition) is 1. The Kier molecular flexibility index (Phi) is 7.86. The summed E-state index contributed by atoms with van der Waals surface area (Å²) >= 11 is 0. The molecule has 1 aromatic carbocycles. The predicted octanol–water partition coefficient (Wildman–Crippen LogP) is 2.69. The van der Waals surface area contributed by atoms with Gasteiger partial charge in [-0.2, -0.15) is 0 Å². The number of hydroxylamine groups is 1. The molecule has 0 saturated carbocycles. The zero-order valence-electron chi connectivity index (χ0n) is 11.7. The zero-order valence-corrected chi connectivity index (χ0v) is 11.7. The molecule has 0 unspecified atom stereocenters. The van der Waals surface area contributed by atoms with E-state index < -0.39 is 0 Å². The van der Waals surface area contributed by atoms with Crippen molar-refractivity contribution in [3.8, 4) is 0 Å². The Bertz CT molecular complexity index is 354. The van der Waals surface area contributed by atoms with Crippen molar-refractivity contribution >= 4 is 5.97 Å². The van der Waals surface area contributed by atoms with E-state index in [1.807, 2.05) is 30.3 Å². The van der Waals surface area contributed by atoms with E-state index >= 15 is 0 Å². The third-order valence-corrected chi connectivity index (χ3v) is 2.95. The van der Waals surface area contributed by atoms with Crippen LogP contribution in [0.5, 0.6) is 0 Å². The lowest BCUT2D eigenvalue weighted by Gasteiger charge is -2.14. The van der Waals surface area contributed by atoms with Gasteiger partial charge in [0.15, 0.2) is 0 Å². The normalized spacial score (nSPS) is 12.1. The second-order valence-corrected chi connectivity index (χ2v) is 4.49. The molecule has 1 aromatic rings. The number of carbonyl (C=O) groups excluding carboxylic acids is 1. The fraction of sp³-hybridized carbons (Fsp3) is 0.533. The fourth-order valence-electron chi connectivity index (χ4n) is 1.79. The molecule has 0 aromatic heterocycles. The first-order valence-electron chi connectivity index (χ1n) is 6.74. The van der Waals surface area contributed by atoms with Crippen molar-refractivity contribution in [3.63, 3.8) is 0 Å². The molecule has 4 nitrogen and oxygen atoms in total. The van der Waals surface area contributed by atoms with E-state index in [1.165, 1.54) is 7.11 Å². The summed E-state index contributed by atoms with van der Waals surface area (Å²) in [4.78, 5) is 16.9. The summed E-state index contributed by atoms with van der Waals surface area (Å²) in [7, 11) is 1.42. The molecule has 0 aliphatic rings. The smallest absolute Gasteiger partial charge is 0.310 e. The molecule has 1 N–H and O–H groups in total. The summed E-state index contributed by atoms with van der Waals surface area (Å²) in [5.41, 5.74) is 3.95. The predicted molar refractivity (Wildman–Crippen MR) is 74.3 cm³/mol. The molecule has 19 heavy (non-hydrogen) atoms. The molecule has 0 radical (unpaired) electrons. The van der Waals surface area contributed by atoms with E-state index in [-0.39, 0.29) is 11.9 Å². The molecule has 1 atom stereocenters. The summed E-state index contributed by atoms with van der Waals surface area (Å²) in [6, 6.07) is 9.90. The van der Waals surface area contributed by atoms with Gasteiger partial charge in [-0.05, 0) is 12.0 Å². The maximum Gasteiger partial charge on any atom is 0.310 e. The maximum absolute atomic E-state index is 11.6. The van der Waals surface area contributed by atoms with Crippen LogP contribution in [0.4, 0.5) is 0 Å². The monoisotopic (exact) mass is 265 g/mol. The Morgan fingerprint density at radius 1 is 1.32 bits per heavy atom. The van der Waals surface area contributed by atoms with Crippen molar-refractivity contribution < 1.29 is 14.4 Å². The first kappa shape index (κ1) is 15.7. The van der Waals surface area contributed by atoms with Crippen LogP contribution in [0.2, 0.25) is 0 Å². The van der Waals surface area contributed by atoms with Crippen LogP contribution in [0.25, 0.3) is 0 Å². The third-order valence-electron chi connectivity index (χ3n) is 2.95. The molecule has 0 saturated heterocycles. The molecule has 0 amide bonds. The molecule has 0 aliphatic heterocycles. The number of esters is 1. The lowest BCUT2D eigenvalue weighted by Crippen LogP contribution is -2.29. The Balaban J connectivity index is 2.25. The Hall–Kier alpha value is -1.39. The minimum Gasteiger partial charge on any atom is -0.469 e. The van der Waals surface area contributed by atoms with Crippen molar-refractivity contribution in [2.45, 2.75) is 32.8 Å². The van der Waals surface area contributed by atoms with E-state index in [1.54, 1.807) is 0 Å². The van der Waals surface area contributed by atoms with Crippen LogP contribution in [0.15, 0.2) is 30.3 Å². The molecule has 1 rings (SSSR count). The van der Waals surface area contributed by atoms with Crippen molar-refractivity contribution in [1.29, 1.82) is 0 Å². The minimum atomic E-state index is -0.177. The summed E-state index contributed by atoms with van der Waals surface area (Å²) in [5.74, 6) is -0.315. The Labute approximate surface area is 115 Å². The van der Waals surface area contributed by atoms with Crippen molar-refractivity contribution in [3.05, 3.63) is 35.9 Å². The van der Waals surface area contributed by atoms with Gasteiger partial charge >= 0.3 is 5.97 Å². The topological polar surface area (TPSA) is 47.6 Å². The van der Waals surface area contributed by atoms with Crippen LogP contribution in [0.1, 0.15) is 31.7 Å². The number of rotatable bonds is 9. The zero-order chi connectivity index (χ0) is 13.9. The molecule has 106 valence electrons. The largest absolute Gasteiger partial charge is 0.469 e. The highest BCUT2D eigenvalue weighted by Gasteiger charge is 2.18. The summed E-state index contributed by atoms with van der Waals surface area (Å²) in [5, 5.41) is 0. The average molecular weight is 265 g/mol. The Morgan fingerprint density at radius 2 is 2.05 bits per heavy atom. The van der Waals surface area contributed by atoms with E-state index in [2.05, 4.69) is 12.4 Å². The van der Waals surface area contributed by atoms with Gasteiger partial charge < -0.3 is 4.74 Å². The summed E-state index contributed by atoms with van der Waals surface area (Å²) in [6.45, 7) is 3.08. The maximum atomic E-state index is 11.6. The number of carbonyl (C=O) groups is 1. The number of nitrogens with one attached hydrogen (secondary N) is 1. The molecule has 4 heteroatoms. The third kappa shape index (κ3) is 6.36. The lowest BCUT2D eigenvalue weighted by atomic mass is 10.0. The van der Waals surface area contributed by atoms with Gasteiger partial charge in [0.05, 0.1) is 19.6 Å². The van der Waals surface area contributed by atoms with Crippen molar-refractivity contribution in [2.75, 3.05) is 13.7 Å². The van der Waals surface area contributed by atoms with Crippen LogP contribution in [-0.4, -0.2) is 19.6 Å². The summed E-state index contributed by atoms with van der Waals surface area (Å²) < 4.78 is 4.79. The first-order chi connectivity index (χ1) is 9.27. The van der Waals surface area contributed by atoms with E-state index in [4.69, 9.17) is 9.57 Å². The SMILES string of the molecule is CCCC[C@H](CNOCc1ccccc1)C(=O)OC. The lowest BCUT2D eigenvalue weighted by molar-refractivity contribution is -0.146. The number of methoxy groups -OCH3 is 1. The van der Waals surface area contributed by atoms with Gasteiger partial charge in [0.1, 0.15) is 0 Å². The first-order valence-corrected chi connectivity index (χ1v) is 6.74. The van der Waals surface area contributed by atoms with Crippen LogP contribution >= 0.6 is 0 Å². The molecule has 0 fully saturated rings. The highest BCUT2D eigenvalue weighted by atomic mass is 16.6. The molecule has 0 heterocycles. The van der Waals surface area contributed by atoms with Gasteiger partial charge in [-0.15, -0.1) is 0 Å².